The third-order valence-corrected chi connectivity index (χ3v) is 5.07. The van der Waals surface area contributed by atoms with Crippen LogP contribution in [0.3, 0.4) is 0 Å². The number of benzene rings is 1. The standard InChI is InChI=1S/C17H19N3O4/c21-15-5-7-20(17(23)19-15)13-4-2-1-3-11(13)16(22)18-12-9-14-10(12)6-8-24-14/h1-4,10,12,14H,5-9H2,(H,18,22)(H,19,21,23)/t10-,12-,14+/m1/s1. The van der Waals surface area contributed by atoms with Gasteiger partial charge in [0, 0.05) is 31.5 Å². The van der Waals surface area contributed by atoms with Gasteiger partial charge in [0.1, 0.15) is 0 Å². The molecule has 2 heterocycles. The van der Waals surface area contributed by atoms with Crippen LogP contribution in [-0.4, -0.2) is 43.1 Å². The van der Waals surface area contributed by atoms with Crippen molar-refractivity contribution in [2.75, 3.05) is 18.1 Å². The molecule has 1 aromatic carbocycles. The number of hydrogen-bond donors (Lipinski definition) is 2. The molecule has 3 atom stereocenters. The number of carbonyl (C=O) groups excluding carboxylic acids is 3. The highest BCUT2D eigenvalue weighted by Gasteiger charge is 2.46. The van der Waals surface area contributed by atoms with E-state index in [0.29, 0.717) is 17.2 Å². The van der Waals surface area contributed by atoms with Crippen molar-refractivity contribution >= 4 is 23.5 Å². The molecule has 0 radical (unpaired) electrons. The molecule has 4 rings (SSSR count). The first kappa shape index (κ1) is 15.1. The fraction of sp³-hybridized carbons (Fsp3) is 0.471. The molecule has 7 nitrogen and oxygen atoms in total. The molecule has 1 saturated carbocycles. The lowest BCUT2D eigenvalue weighted by atomic mass is 9.76. The smallest absolute Gasteiger partial charge is 0.328 e. The van der Waals surface area contributed by atoms with Crippen LogP contribution >= 0.6 is 0 Å². The van der Waals surface area contributed by atoms with Crippen molar-refractivity contribution in [2.24, 2.45) is 5.92 Å². The second-order valence-electron chi connectivity index (χ2n) is 6.45. The zero-order valence-corrected chi connectivity index (χ0v) is 13.2. The van der Waals surface area contributed by atoms with Gasteiger partial charge < -0.3 is 10.1 Å². The minimum absolute atomic E-state index is 0.134. The number of carbonyl (C=O) groups is 3. The van der Waals surface area contributed by atoms with Crippen LogP contribution in [-0.2, 0) is 9.53 Å². The van der Waals surface area contributed by atoms with Crippen molar-refractivity contribution < 1.29 is 19.1 Å². The number of nitrogens with zero attached hydrogens (tertiary/aromatic N) is 1. The Balaban J connectivity index is 1.52. The highest BCUT2D eigenvalue weighted by atomic mass is 16.5. The molecular weight excluding hydrogens is 310 g/mol. The molecule has 4 amide bonds. The Morgan fingerprint density at radius 2 is 2.12 bits per heavy atom. The van der Waals surface area contributed by atoms with E-state index in [2.05, 4.69) is 10.6 Å². The summed E-state index contributed by atoms with van der Waals surface area (Å²) < 4.78 is 5.57. The van der Waals surface area contributed by atoms with Gasteiger partial charge in [0.05, 0.1) is 17.4 Å². The number of nitrogens with one attached hydrogen (secondary N) is 2. The van der Waals surface area contributed by atoms with Crippen LogP contribution in [0.1, 0.15) is 29.6 Å². The van der Waals surface area contributed by atoms with Gasteiger partial charge in [0.25, 0.3) is 5.91 Å². The van der Waals surface area contributed by atoms with E-state index in [9.17, 15) is 14.4 Å². The van der Waals surface area contributed by atoms with Crippen molar-refractivity contribution in [3.63, 3.8) is 0 Å². The second-order valence-corrected chi connectivity index (χ2v) is 6.45. The Labute approximate surface area is 139 Å². The third kappa shape index (κ3) is 2.54. The molecule has 1 aliphatic carbocycles. The lowest BCUT2D eigenvalue weighted by Crippen LogP contribution is -2.54. The fourth-order valence-electron chi connectivity index (χ4n) is 3.70. The Hall–Kier alpha value is -2.41. The summed E-state index contributed by atoms with van der Waals surface area (Å²) in [5.41, 5.74) is 0.975. The van der Waals surface area contributed by atoms with E-state index in [1.54, 1.807) is 24.3 Å². The topological polar surface area (TPSA) is 87.7 Å². The molecular formula is C17H19N3O4. The molecule has 3 aliphatic rings. The van der Waals surface area contributed by atoms with Crippen molar-refractivity contribution in [3.8, 4) is 0 Å². The molecule has 3 fully saturated rings. The molecule has 0 unspecified atom stereocenters. The second kappa shape index (κ2) is 5.90. The molecule has 0 aromatic heterocycles. The SMILES string of the molecule is O=C1CCN(c2ccccc2C(=O)N[C@@H]2C[C@@H]3OCC[C@@H]32)C(=O)N1. The number of fused-ring (bicyclic) bond motifs is 1. The third-order valence-electron chi connectivity index (χ3n) is 5.07. The summed E-state index contributed by atoms with van der Waals surface area (Å²) >= 11 is 0. The number of ether oxygens (including phenoxy) is 1. The maximum Gasteiger partial charge on any atom is 0.328 e. The van der Waals surface area contributed by atoms with Gasteiger partial charge in [-0.2, -0.15) is 0 Å². The lowest BCUT2D eigenvalue weighted by molar-refractivity contribution is -0.120. The van der Waals surface area contributed by atoms with Crippen LogP contribution in [0, 0.1) is 5.92 Å². The molecule has 2 aliphatic heterocycles. The average molecular weight is 329 g/mol. The lowest BCUT2D eigenvalue weighted by Gasteiger charge is -2.39. The Kier molecular flexibility index (Phi) is 3.72. The minimum Gasteiger partial charge on any atom is -0.378 e. The van der Waals surface area contributed by atoms with Crippen LogP contribution in [0.15, 0.2) is 24.3 Å². The summed E-state index contributed by atoms with van der Waals surface area (Å²) in [7, 11) is 0. The number of hydrogen-bond acceptors (Lipinski definition) is 4. The summed E-state index contributed by atoms with van der Waals surface area (Å²) in [6, 6.07) is 6.63. The van der Waals surface area contributed by atoms with E-state index in [1.165, 1.54) is 4.90 Å². The summed E-state index contributed by atoms with van der Waals surface area (Å²) in [6.45, 7) is 1.04. The van der Waals surface area contributed by atoms with Crippen LogP contribution in [0.4, 0.5) is 10.5 Å². The molecule has 126 valence electrons. The van der Waals surface area contributed by atoms with E-state index < -0.39 is 6.03 Å². The zero-order chi connectivity index (χ0) is 16.7. The van der Waals surface area contributed by atoms with Crippen molar-refractivity contribution in [3.05, 3.63) is 29.8 Å². The van der Waals surface area contributed by atoms with Gasteiger partial charge >= 0.3 is 6.03 Å². The largest absolute Gasteiger partial charge is 0.378 e. The van der Waals surface area contributed by atoms with E-state index in [0.717, 1.165) is 19.4 Å². The monoisotopic (exact) mass is 329 g/mol. The fourth-order valence-corrected chi connectivity index (χ4v) is 3.70. The van der Waals surface area contributed by atoms with Crippen molar-refractivity contribution in [1.29, 1.82) is 0 Å². The van der Waals surface area contributed by atoms with Crippen LogP contribution in [0.2, 0.25) is 0 Å². The number of amides is 4. The minimum atomic E-state index is -0.487. The van der Waals surface area contributed by atoms with E-state index >= 15 is 0 Å². The maximum absolute atomic E-state index is 12.7. The molecule has 24 heavy (non-hydrogen) atoms. The van der Waals surface area contributed by atoms with E-state index in [4.69, 9.17) is 4.74 Å². The van der Waals surface area contributed by atoms with Crippen LogP contribution in [0.5, 0.6) is 0 Å². The highest BCUT2D eigenvalue weighted by Crippen LogP contribution is 2.38. The highest BCUT2D eigenvalue weighted by molar-refractivity contribution is 6.09. The van der Waals surface area contributed by atoms with Gasteiger partial charge in [-0.3, -0.25) is 19.8 Å². The molecule has 0 bridgehead atoms. The number of para-hydroxylation sites is 1. The van der Waals surface area contributed by atoms with Gasteiger partial charge in [0.15, 0.2) is 0 Å². The first-order valence-electron chi connectivity index (χ1n) is 8.26. The van der Waals surface area contributed by atoms with Crippen LogP contribution in [0.25, 0.3) is 0 Å². The summed E-state index contributed by atoms with van der Waals surface area (Å²) in [5, 5.41) is 5.35. The predicted molar refractivity (Wildman–Crippen MR) is 85.7 cm³/mol. The van der Waals surface area contributed by atoms with Crippen LogP contribution < -0.4 is 15.5 Å². The first-order chi connectivity index (χ1) is 11.6. The summed E-state index contributed by atoms with van der Waals surface area (Å²) in [6.07, 6.45) is 2.33. The van der Waals surface area contributed by atoms with Gasteiger partial charge in [-0.1, -0.05) is 12.1 Å². The quantitative estimate of drug-likeness (QED) is 0.867. The Morgan fingerprint density at radius 1 is 1.29 bits per heavy atom. The molecule has 0 spiro atoms. The predicted octanol–water partition coefficient (Wildman–Crippen LogP) is 1.04. The van der Waals surface area contributed by atoms with Crippen molar-refractivity contribution in [2.45, 2.75) is 31.4 Å². The molecule has 2 N–H and O–H groups in total. The van der Waals surface area contributed by atoms with Crippen molar-refractivity contribution in [1.82, 2.24) is 10.6 Å². The molecule has 1 aromatic rings. The van der Waals surface area contributed by atoms with Gasteiger partial charge in [-0.15, -0.1) is 0 Å². The van der Waals surface area contributed by atoms with E-state index in [-0.39, 0.29) is 36.9 Å². The van der Waals surface area contributed by atoms with Gasteiger partial charge in [-0.05, 0) is 25.0 Å². The van der Waals surface area contributed by atoms with Gasteiger partial charge in [-0.25, -0.2) is 4.79 Å². The summed E-state index contributed by atoms with van der Waals surface area (Å²) in [5.74, 6) is -0.0809. The van der Waals surface area contributed by atoms with Gasteiger partial charge in [0.2, 0.25) is 5.91 Å². The maximum atomic E-state index is 12.7. The molecule has 7 heteroatoms. The summed E-state index contributed by atoms with van der Waals surface area (Å²) in [4.78, 5) is 37.5. The number of imide groups is 1. The molecule has 2 saturated heterocycles. The normalized spacial score (nSPS) is 28.8. The van der Waals surface area contributed by atoms with E-state index in [1.807, 2.05) is 0 Å². The Bertz CT molecular complexity index is 705. The first-order valence-corrected chi connectivity index (χ1v) is 8.26. The Morgan fingerprint density at radius 3 is 2.92 bits per heavy atom. The zero-order valence-electron chi connectivity index (χ0n) is 13.2. The number of rotatable bonds is 3. The average Bonchev–Trinajstić information content (AvgIpc) is 2.93. The number of anilines is 1. The number of urea groups is 1.